The molecule has 4 rings (SSSR count). The maximum Gasteiger partial charge on any atom is 0.331 e. The van der Waals surface area contributed by atoms with E-state index in [-0.39, 0.29) is 5.56 Å². The van der Waals surface area contributed by atoms with E-state index < -0.39 is 12.0 Å². The first-order chi connectivity index (χ1) is 14.0. The van der Waals surface area contributed by atoms with Crippen LogP contribution in [0.2, 0.25) is 0 Å². The third-order valence-electron chi connectivity index (χ3n) is 5.04. The first kappa shape index (κ1) is 19.1. The van der Waals surface area contributed by atoms with E-state index in [1.165, 1.54) is 27.8 Å². The average Bonchev–Trinajstić information content (AvgIpc) is 3.15. The second-order valence-electron chi connectivity index (χ2n) is 7.21. The van der Waals surface area contributed by atoms with Gasteiger partial charge < -0.3 is 5.11 Å². The summed E-state index contributed by atoms with van der Waals surface area (Å²) < 4.78 is 1.21. The van der Waals surface area contributed by atoms with E-state index in [1.807, 2.05) is 23.6 Å². The van der Waals surface area contributed by atoms with Gasteiger partial charge in [-0.3, -0.25) is 9.36 Å². The van der Waals surface area contributed by atoms with Crippen LogP contribution in [0, 0.1) is 0 Å². The zero-order valence-electron chi connectivity index (χ0n) is 16.1. The lowest BCUT2D eigenvalue weighted by Gasteiger charge is -2.16. The fraction of sp³-hybridized carbons (Fsp3) is 0.174. The molecule has 1 atom stereocenters. The van der Waals surface area contributed by atoms with Crippen molar-refractivity contribution in [2.45, 2.75) is 25.8 Å². The number of nitrogens with zero attached hydrogens (tertiary/aromatic N) is 2. The lowest BCUT2D eigenvalue weighted by Crippen LogP contribution is -2.30. The number of carbonyl (C=O) groups is 1. The maximum absolute atomic E-state index is 13.3. The van der Waals surface area contributed by atoms with Crippen LogP contribution in [0.3, 0.4) is 0 Å². The molecule has 0 aliphatic rings. The Labute approximate surface area is 171 Å². The topological polar surface area (TPSA) is 72.2 Å². The van der Waals surface area contributed by atoms with Gasteiger partial charge in [-0.1, -0.05) is 68.4 Å². The largest absolute Gasteiger partial charge is 0.479 e. The van der Waals surface area contributed by atoms with Crippen molar-refractivity contribution in [2.24, 2.45) is 0 Å². The van der Waals surface area contributed by atoms with Gasteiger partial charge in [-0.05, 0) is 22.6 Å². The molecule has 0 aliphatic carbocycles. The minimum absolute atomic E-state index is 0.351. The minimum atomic E-state index is -1.13. The second-order valence-corrected chi connectivity index (χ2v) is 8.07. The van der Waals surface area contributed by atoms with Gasteiger partial charge in [-0.2, -0.15) is 0 Å². The molecule has 2 aromatic carbocycles. The third-order valence-corrected chi connectivity index (χ3v) is 5.92. The van der Waals surface area contributed by atoms with Gasteiger partial charge in [0.15, 0.2) is 6.04 Å². The van der Waals surface area contributed by atoms with Crippen LogP contribution in [0.4, 0.5) is 0 Å². The second kappa shape index (κ2) is 7.64. The number of hydrogen-bond acceptors (Lipinski definition) is 4. The first-order valence-corrected chi connectivity index (χ1v) is 10.2. The van der Waals surface area contributed by atoms with Crippen LogP contribution in [0.15, 0.2) is 71.1 Å². The Hall–Kier alpha value is -3.25. The molecule has 0 saturated heterocycles. The summed E-state index contributed by atoms with van der Waals surface area (Å²) >= 11 is 1.39. The van der Waals surface area contributed by atoms with Crippen molar-refractivity contribution in [3.8, 4) is 11.1 Å². The zero-order valence-corrected chi connectivity index (χ0v) is 16.9. The van der Waals surface area contributed by atoms with Crippen molar-refractivity contribution in [3.05, 3.63) is 87.8 Å². The monoisotopic (exact) mass is 404 g/mol. The summed E-state index contributed by atoms with van der Waals surface area (Å²) in [5.74, 6) is -0.679. The van der Waals surface area contributed by atoms with Crippen LogP contribution in [-0.4, -0.2) is 20.6 Å². The summed E-state index contributed by atoms with van der Waals surface area (Å²) in [5, 5.41) is 12.2. The predicted octanol–water partition coefficient (Wildman–Crippen LogP) is 4.92. The molecule has 29 heavy (non-hydrogen) atoms. The highest BCUT2D eigenvalue weighted by Crippen LogP contribution is 2.32. The molecule has 1 unspecified atom stereocenters. The number of carboxylic acids is 1. The molecule has 0 bridgehead atoms. The van der Waals surface area contributed by atoms with Crippen molar-refractivity contribution in [2.75, 3.05) is 0 Å². The summed E-state index contributed by atoms with van der Waals surface area (Å²) in [7, 11) is 0. The molecule has 0 saturated carbocycles. The summed E-state index contributed by atoms with van der Waals surface area (Å²) in [6, 6.07) is 15.7. The fourth-order valence-electron chi connectivity index (χ4n) is 3.45. The average molecular weight is 404 g/mol. The molecule has 0 amide bonds. The van der Waals surface area contributed by atoms with Crippen molar-refractivity contribution in [1.82, 2.24) is 9.55 Å². The number of aliphatic carboxylic acids is 1. The highest BCUT2D eigenvalue weighted by molar-refractivity contribution is 7.17. The summed E-state index contributed by atoms with van der Waals surface area (Å²) in [6.45, 7) is 4.26. The highest BCUT2D eigenvalue weighted by Gasteiger charge is 2.25. The molecule has 2 aromatic heterocycles. The smallest absolute Gasteiger partial charge is 0.331 e. The fourth-order valence-corrected chi connectivity index (χ4v) is 4.35. The Morgan fingerprint density at radius 1 is 1.03 bits per heavy atom. The van der Waals surface area contributed by atoms with E-state index in [0.717, 1.165) is 11.1 Å². The molecule has 0 spiro atoms. The van der Waals surface area contributed by atoms with Crippen LogP contribution >= 0.6 is 11.3 Å². The standard InChI is InChI=1S/C23H20N2O3S/c1-14(2)15-8-10-16(11-9-15)18-12-29-21-19(18)22(26)25(13-24-21)20(23(27)28)17-6-4-3-5-7-17/h3-14,20H,1-2H3,(H,27,28). The van der Waals surface area contributed by atoms with Gasteiger partial charge in [0.2, 0.25) is 0 Å². The number of aromatic nitrogens is 2. The Morgan fingerprint density at radius 3 is 2.34 bits per heavy atom. The lowest BCUT2D eigenvalue weighted by molar-refractivity contribution is -0.139. The van der Waals surface area contributed by atoms with E-state index in [4.69, 9.17) is 0 Å². The molecule has 146 valence electrons. The molecule has 5 nitrogen and oxygen atoms in total. The number of thiophene rings is 1. The summed E-state index contributed by atoms with van der Waals surface area (Å²) in [5.41, 5.74) is 3.10. The SMILES string of the molecule is CC(C)c1ccc(-c2csc3ncn(C(C(=O)O)c4ccccc4)c(=O)c23)cc1. The van der Waals surface area contributed by atoms with Crippen molar-refractivity contribution < 1.29 is 9.90 Å². The van der Waals surface area contributed by atoms with Crippen LogP contribution < -0.4 is 5.56 Å². The van der Waals surface area contributed by atoms with Gasteiger partial charge in [0.05, 0.1) is 5.39 Å². The number of carboxylic acid groups (broad SMARTS) is 1. The Morgan fingerprint density at radius 2 is 1.72 bits per heavy atom. The minimum Gasteiger partial charge on any atom is -0.479 e. The maximum atomic E-state index is 13.3. The number of hydrogen-bond donors (Lipinski definition) is 1. The van der Waals surface area contributed by atoms with Gasteiger partial charge in [-0.25, -0.2) is 9.78 Å². The van der Waals surface area contributed by atoms with Gasteiger partial charge in [0.1, 0.15) is 11.2 Å². The van der Waals surface area contributed by atoms with Gasteiger partial charge in [0.25, 0.3) is 5.56 Å². The number of benzene rings is 2. The quantitative estimate of drug-likeness (QED) is 0.512. The van der Waals surface area contributed by atoms with E-state index in [2.05, 4.69) is 31.0 Å². The number of fused-ring (bicyclic) bond motifs is 1. The molecule has 1 N–H and O–H groups in total. The van der Waals surface area contributed by atoms with Crippen LogP contribution in [-0.2, 0) is 4.79 Å². The predicted molar refractivity (Wildman–Crippen MR) is 116 cm³/mol. The van der Waals surface area contributed by atoms with Crippen molar-refractivity contribution >= 4 is 27.5 Å². The van der Waals surface area contributed by atoms with Crippen LogP contribution in [0.25, 0.3) is 21.3 Å². The normalized spacial score (nSPS) is 12.4. The van der Waals surface area contributed by atoms with Gasteiger partial charge in [0, 0.05) is 10.9 Å². The van der Waals surface area contributed by atoms with E-state index in [0.29, 0.717) is 21.7 Å². The first-order valence-electron chi connectivity index (χ1n) is 9.33. The lowest BCUT2D eigenvalue weighted by atomic mass is 9.99. The summed E-state index contributed by atoms with van der Waals surface area (Å²) in [4.78, 5) is 30.3. The van der Waals surface area contributed by atoms with Crippen LogP contribution in [0.1, 0.15) is 36.9 Å². The number of rotatable bonds is 5. The van der Waals surface area contributed by atoms with Crippen molar-refractivity contribution in [1.29, 1.82) is 0 Å². The molecule has 0 fully saturated rings. The molecule has 4 aromatic rings. The van der Waals surface area contributed by atoms with E-state index in [9.17, 15) is 14.7 Å². The molecule has 0 aliphatic heterocycles. The van der Waals surface area contributed by atoms with E-state index in [1.54, 1.807) is 24.3 Å². The van der Waals surface area contributed by atoms with Gasteiger partial charge in [-0.15, -0.1) is 11.3 Å². The Balaban J connectivity index is 1.88. The molecule has 2 heterocycles. The summed E-state index contributed by atoms with van der Waals surface area (Å²) in [6.07, 6.45) is 1.33. The zero-order chi connectivity index (χ0) is 20.5. The van der Waals surface area contributed by atoms with Crippen molar-refractivity contribution in [3.63, 3.8) is 0 Å². The highest BCUT2D eigenvalue weighted by atomic mass is 32.1. The molecular formula is C23H20N2O3S. The third kappa shape index (κ3) is 3.47. The molecular weight excluding hydrogens is 384 g/mol. The van der Waals surface area contributed by atoms with Gasteiger partial charge >= 0.3 is 5.97 Å². The Bertz CT molecular complexity index is 1220. The van der Waals surface area contributed by atoms with E-state index >= 15 is 0 Å². The molecule has 6 heteroatoms. The van der Waals surface area contributed by atoms with Crippen LogP contribution in [0.5, 0.6) is 0 Å². The Kier molecular flexibility index (Phi) is 5.03. The molecule has 0 radical (unpaired) electrons.